The van der Waals surface area contributed by atoms with Crippen molar-refractivity contribution in [1.29, 1.82) is 0 Å². The standard InChI is InChI=1S/C5H5NO9S3/c7-16(8,9)3-1-5(18(13,14)15)6-2-4(3)17(10,11)12/h1-2H,(H,7,8,9)(H,10,11,12)(H,13,14,15). The molecule has 0 atom stereocenters. The van der Waals surface area contributed by atoms with E-state index in [9.17, 15) is 25.3 Å². The Labute approximate surface area is 102 Å². The Bertz CT molecular complexity index is 789. The van der Waals surface area contributed by atoms with Gasteiger partial charge in [-0.2, -0.15) is 25.3 Å². The maximum absolute atomic E-state index is 10.9. The van der Waals surface area contributed by atoms with E-state index in [1.165, 1.54) is 0 Å². The van der Waals surface area contributed by atoms with E-state index in [2.05, 4.69) is 4.98 Å². The van der Waals surface area contributed by atoms with Gasteiger partial charge in [-0.1, -0.05) is 0 Å². The number of nitrogens with zero attached hydrogens (tertiary/aromatic N) is 1. The number of hydrogen-bond donors (Lipinski definition) is 3. The summed E-state index contributed by atoms with van der Waals surface area (Å²) in [5.74, 6) is 0. The number of pyridine rings is 1. The van der Waals surface area contributed by atoms with E-state index in [0.29, 0.717) is 0 Å². The van der Waals surface area contributed by atoms with Crippen molar-refractivity contribution in [2.45, 2.75) is 14.8 Å². The van der Waals surface area contributed by atoms with Gasteiger partial charge in [0, 0.05) is 6.07 Å². The Hall–Kier alpha value is -1.12. The second kappa shape index (κ2) is 4.22. The van der Waals surface area contributed by atoms with Crippen molar-refractivity contribution in [1.82, 2.24) is 4.98 Å². The highest BCUT2D eigenvalue weighted by atomic mass is 32.2. The van der Waals surface area contributed by atoms with Crippen molar-refractivity contribution in [3.8, 4) is 0 Å². The van der Waals surface area contributed by atoms with Gasteiger partial charge in [0.25, 0.3) is 20.2 Å². The molecule has 0 aromatic carbocycles. The second-order valence-corrected chi connectivity index (χ2v) is 7.04. The van der Waals surface area contributed by atoms with Crippen molar-refractivity contribution < 1.29 is 38.9 Å². The summed E-state index contributed by atoms with van der Waals surface area (Å²) in [5, 5.41) is -1.21. The minimum Gasteiger partial charge on any atom is -0.282 e. The van der Waals surface area contributed by atoms with Crippen LogP contribution in [0.15, 0.2) is 27.1 Å². The third-order valence-electron chi connectivity index (χ3n) is 1.63. The van der Waals surface area contributed by atoms with Gasteiger partial charge in [-0.25, -0.2) is 4.98 Å². The molecule has 1 heterocycles. The van der Waals surface area contributed by atoms with Crippen LogP contribution in [-0.4, -0.2) is 43.9 Å². The van der Waals surface area contributed by atoms with Crippen LogP contribution in [0.4, 0.5) is 0 Å². The van der Waals surface area contributed by atoms with Gasteiger partial charge in [0.1, 0.15) is 9.79 Å². The predicted octanol–water partition coefficient (Wildman–Crippen LogP) is -1.18. The van der Waals surface area contributed by atoms with Gasteiger partial charge in [-0.3, -0.25) is 13.7 Å². The van der Waals surface area contributed by atoms with E-state index in [4.69, 9.17) is 13.7 Å². The zero-order chi connectivity index (χ0) is 14.4. The van der Waals surface area contributed by atoms with Crippen LogP contribution >= 0.6 is 0 Å². The smallest absolute Gasteiger partial charge is 0.282 e. The number of rotatable bonds is 3. The van der Waals surface area contributed by atoms with Crippen LogP contribution in [0.5, 0.6) is 0 Å². The fraction of sp³-hybridized carbons (Fsp3) is 0. The molecule has 0 saturated heterocycles. The highest BCUT2D eigenvalue weighted by molar-refractivity contribution is 7.89. The summed E-state index contributed by atoms with van der Waals surface area (Å²) >= 11 is 0. The Morgan fingerprint density at radius 3 is 1.56 bits per heavy atom. The third kappa shape index (κ3) is 3.21. The highest BCUT2D eigenvalue weighted by Gasteiger charge is 2.27. The lowest BCUT2D eigenvalue weighted by Crippen LogP contribution is -2.12. The topological polar surface area (TPSA) is 176 Å². The maximum atomic E-state index is 10.9. The summed E-state index contributed by atoms with van der Waals surface area (Å²) < 4.78 is 90.6. The van der Waals surface area contributed by atoms with Crippen LogP contribution in [0.25, 0.3) is 0 Å². The fourth-order valence-electron chi connectivity index (χ4n) is 0.943. The van der Waals surface area contributed by atoms with E-state index in [0.717, 1.165) is 0 Å². The van der Waals surface area contributed by atoms with E-state index in [1.807, 2.05) is 0 Å². The van der Waals surface area contributed by atoms with E-state index < -0.39 is 45.2 Å². The Kier molecular flexibility index (Phi) is 3.50. The summed E-state index contributed by atoms with van der Waals surface area (Å²) in [6.45, 7) is 0. The van der Waals surface area contributed by atoms with Crippen LogP contribution in [0.1, 0.15) is 0 Å². The van der Waals surface area contributed by atoms with Crippen LogP contribution in [0.3, 0.4) is 0 Å². The predicted molar refractivity (Wildman–Crippen MR) is 53.7 cm³/mol. The van der Waals surface area contributed by atoms with E-state index in [-0.39, 0.29) is 12.3 Å². The first-order valence-corrected chi connectivity index (χ1v) is 8.08. The minimum atomic E-state index is -5.15. The monoisotopic (exact) mass is 319 g/mol. The molecule has 18 heavy (non-hydrogen) atoms. The average molecular weight is 319 g/mol. The quantitative estimate of drug-likeness (QED) is 0.574. The molecule has 1 rings (SSSR count). The number of hydrogen-bond acceptors (Lipinski definition) is 7. The van der Waals surface area contributed by atoms with Gasteiger partial charge < -0.3 is 0 Å². The SMILES string of the molecule is O=S(=O)(O)c1cc(S(=O)(=O)O)c(S(=O)(=O)O)cn1. The molecule has 0 amide bonds. The normalized spacial score (nSPS) is 13.5. The van der Waals surface area contributed by atoms with Crippen molar-refractivity contribution >= 4 is 30.4 Å². The summed E-state index contributed by atoms with van der Waals surface area (Å²) in [6, 6.07) is 0.0910. The molecule has 1 aromatic rings. The Morgan fingerprint density at radius 1 is 0.778 bits per heavy atom. The molecule has 0 radical (unpaired) electrons. The summed E-state index contributed by atoms with van der Waals surface area (Å²) in [7, 11) is -15.1. The molecule has 13 heteroatoms. The summed E-state index contributed by atoms with van der Waals surface area (Å²) in [4.78, 5) is 0.193. The van der Waals surface area contributed by atoms with Crippen molar-refractivity contribution in [3.05, 3.63) is 12.3 Å². The molecule has 0 aliphatic rings. The molecule has 0 bridgehead atoms. The molecule has 0 aliphatic carbocycles. The second-order valence-electron chi connectivity index (χ2n) is 2.89. The first-order chi connectivity index (χ1) is 7.83. The van der Waals surface area contributed by atoms with Crippen molar-refractivity contribution in [3.63, 3.8) is 0 Å². The molecule has 0 aliphatic heterocycles. The molecular formula is C5H5NO9S3. The van der Waals surface area contributed by atoms with Crippen molar-refractivity contribution in [2.75, 3.05) is 0 Å². The molecule has 0 unspecified atom stereocenters. The molecule has 1 aromatic heterocycles. The molecule has 10 nitrogen and oxygen atoms in total. The molecule has 3 N–H and O–H groups in total. The first-order valence-electron chi connectivity index (χ1n) is 3.76. The zero-order valence-corrected chi connectivity index (χ0v) is 10.6. The largest absolute Gasteiger partial charge is 0.312 e. The third-order valence-corrected chi connectivity index (χ3v) is 4.28. The van der Waals surface area contributed by atoms with Crippen molar-refractivity contribution in [2.24, 2.45) is 0 Å². The maximum Gasteiger partial charge on any atom is 0.312 e. The number of aromatic nitrogens is 1. The lowest BCUT2D eigenvalue weighted by Gasteiger charge is -2.04. The van der Waals surface area contributed by atoms with Crippen LogP contribution in [-0.2, 0) is 30.4 Å². The molecule has 0 fully saturated rings. The molecule has 0 spiro atoms. The lowest BCUT2D eigenvalue weighted by atomic mass is 10.5. The summed E-state index contributed by atoms with van der Waals surface area (Å²) in [5.41, 5.74) is 0. The van der Waals surface area contributed by atoms with Gasteiger partial charge in [0.05, 0.1) is 6.20 Å². The fourth-order valence-corrected chi connectivity index (χ4v) is 3.17. The molecular weight excluding hydrogens is 314 g/mol. The highest BCUT2D eigenvalue weighted by Crippen LogP contribution is 2.22. The van der Waals surface area contributed by atoms with Gasteiger partial charge in [-0.05, 0) is 0 Å². The minimum absolute atomic E-state index is 0.0910. The molecule has 102 valence electrons. The van der Waals surface area contributed by atoms with E-state index >= 15 is 0 Å². The van der Waals surface area contributed by atoms with E-state index in [1.54, 1.807) is 0 Å². The lowest BCUT2D eigenvalue weighted by molar-refractivity contribution is 0.462. The Morgan fingerprint density at radius 2 is 1.22 bits per heavy atom. The van der Waals surface area contributed by atoms with Gasteiger partial charge in [0.2, 0.25) is 0 Å². The van der Waals surface area contributed by atoms with Crippen LogP contribution < -0.4 is 0 Å². The Balaban J connectivity index is 3.83. The first kappa shape index (κ1) is 14.9. The summed E-state index contributed by atoms with van der Waals surface area (Å²) in [6.07, 6.45) is 0.168. The average Bonchev–Trinajstić information content (AvgIpc) is 2.12. The zero-order valence-electron chi connectivity index (χ0n) is 8.12. The van der Waals surface area contributed by atoms with Gasteiger partial charge in [0.15, 0.2) is 5.03 Å². The molecule has 0 saturated carbocycles. The van der Waals surface area contributed by atoms with Gasteiger partial charge >= 0.3 is 10.1 Å². The van der Waals surface area contributed by atoms with Crippen LogP contribution in [0, 0.1) is 0 Å². The van der Waals surface area contributed by atoms with Crippen LogP contribution in [0.2, 0.25) is 0 Å². The van der Waals surface area contributed by atoms with Gasteiger partial charge in [-0.15, -0.1) is 0 Å².